The summed E-state index contributed by atoms with van der Waals surface area (Å²) in [4.78, 5) is 24.2. The van der Waals surface area contributed by atoms with E-state index in [1.165, 1.54) is 19.3 Å². The largest absolute Gasteiger partial charge is 0.370 e. The van der Waals surface area contributed by atoms with Crippen LogP contribution in [0, 0.1) is 16.7 Å². The summed E-state index contributed by atoms with van der Waals surface area (Å²) in [5.41, 5.74) is 2.01. The highest BCUT2D eigenvalue weighted by Crippen LogP contribution is 2.54. The Labute approximate surface area is 146 Å². The van der Waals surface area contributed by atoms with E-state index in [2.05, 4.69) is 25.8 Å². The molecule has 1 aliphatic carbocycles. The van der Waals surface area contributed by atoms with E-state index in [0.717, 1.165) is 61.4 Å². The summed E-state index contributed by atoms with van der Waals surface area (Å²) >= 11 is 0. The molecule has 25 heavy (non-hydrogen) atoms. The Hall–Kier alpha value is -2.55. The summed E-state index contributed by atoms with van der Waals surface area (Å²) in [6.07, 6.45) is 7.93. The van der Waals surface area contributed by atoms with Crippen molar-refractivity contribution in [2.24, 2.45) is 5.41 Å². The van der Waals surface area contributed by atoms with Gasteiger partial charge >= 0.3 is 0 Å². The van der Waals surface area contributed by atoms with Gasteiger partial charge in [0.2, 0.25) is 0 Å². The lowest BCUT2D eigenvalue weighted by atomic mass is 9.92. The van der Waals surface area contributed by atoms with Crippen molar-refractivity contribution >= 4 is 22.4 Å². The number of fused-ring (bicyclic) bond motifs is 1. The maximum Gasteiger partial charge on any atom is 0.268 e. The van der Waals surface area contributed by atoms with Crippen molar-refractivity contribution in [1.82, 2.24) is 9.97 Å². The van der Waals surface area contributed by atoms with Gasteiger partial charge < -0.3 is 14.8 Å². The third-order valence-electron chi connectivity index (χ3n) is 6.25. The number of anilines is 2. The normalized spacial score (nSPS) is 21.2. The van der Waals surface area contributed by atoms with Crippen LogP contribution in [0.25, 0.3) is 10.9 Å². The molecule has 1 N–H and O–H groups in total. The first-order valence-corrected chi connectivity index (χ1v) is 9.15. The topological polar surface area (TPSA) is 76.0 Å². The molecular weight excluding hydrogens is 314 g/mol. The molecule has 2 aliphatic heterocycles. The van der Waals surface area contributed by atoms with Gasteiger partial charge in [0, 0.05) is 31.6 Å². The smallest absolute Gasteiger partial charge is 0.268 e. The molecule has 0 unspecified atom stereocenters. The summed E-state index contributed by atoms with van der Waals surface area (Å²) in [6, 6.07) is 4.19. The summed E-state index contributed by atoms with van der Waals surface area (Å²) < 4.78 is 0. The minimum atomic E-state index is -0.310. The van der Waals surface area contributed by atoms with Crippen LogP contribution in [0.2, 0.25) is 0 Å². The molecule has 2 aromatic rings. The van der Waals surface area contributed by atoms with E-state index in [4.69, 9.17) is 0 Å². The number of hydrogen-bond donors (Lipinski definition) is 1. The molecule has 0 atom stereocenters. The number of rotatable bonds is 2. The Morgan fingerprint density at radius 2 is 1.88 bits per heavy atom. The molecule has 0 bridgehead atoms. The molecule has 128 valence electrons. The van der Waals surface area contributed by atoms with E-state index in [-0.39, 0.29) is 11.1 Å². The maximum absolute atomic E-state index is 12.4. The van der Waals surface area contributed by atoms with Gasteiger partial charge in [-0.05, 0) is 43.6 Å². The van der Waals surface area contributed by atoms with E-state index in [0.29, 0.717) is 5.41 Å². The monoisotopic (exact) mass is 335 g/mol. The van der Waals surface area contributed by atoms with Crippen LogP contribution in [0.3, 0.4) is 0 Å². The summed E-state index contributed by atoms with van der Waals surface area (Å²) in [5, 5.41) is 10.6. The molecule has 1 saturated carbocycles. The number of hydrogen-bond acceptors (Lipinski definition) is 5. The quantitative estimate of drug-likeness (QED) is 0.912. The fraction of sp³-hybridized carbons (Fsp3) is 0.526. The number of piperidine rings is 1. The van der Waals surface area contributed by atoms with Crippen LogP contribution in [0.4, 0.5) is 11.5 Å². The number of pyridine rings is 2. The molecule has 3 aliphatic rings. The molecule has 0 aromatic carbocycles. The Balaban J connectivity index is 1.65. The second-order valence-corrected chi connectivity index (χ2v) is 7.71. The predicted octanol–water partition coefficient (Wildman–Crippen LogP) is 2.39. The molecule has 6 heteroatoms. The zero-order valence-corrected chi connectivity index (χ0v) is 14.2. The zero-order valence-electron chi connectivity index (χ0n) is 14.2. The average Bonchev–Trinajstić information content (AvgIpc) is 3.32. The first-order valence-electron chi connectivity index (χ1n) is 9.15. The molecule has 2 saturated heterocycles. The standard InChI is InChI=1S/C19H21N5O/c20-11-14-17(24-8-4-19(2-3-19)5-9-24)13-10-16(23-6-1-7-23)21-12-15(13)22-18(14)25/h10,12H,1-9H2,(H,22,25). The second kappa shape index (κ2) is 5.22. The molecule has 3 fully saturated rings. The maximum atomic E-state index is 12.4. The Morgan fingerprint density at radius 3 is 2.48 bits per heavy atom. The van der Waals surface area contributed by atoms with Crippen LogP contribution < -0.4 is 15.4 Å². The number of nitriles is 1. The fourth-order valence-corrected chi connectivity index (χ4v) is 4.20. The molecular formula is C19H21N5O. The van der Waals surface area contributed by atoms with Crippen LogP contribution in [0.5, 0.6) is 0 Å². The van der Waals surface area contributed by atoms with Crippen LogP contribution in [0.1, 0.15) is 37.7 Å². The van der Waals surface area contributed by atoms with Crippen molar-refractivity contribution in [1.29, 1.82) is 5.26 Å². The molecule has 2 aromatic heterocycles. The van der Waals surface area contributed by atoms with E-state index in [1.54, 1.807) is 6.20 Å². The van der Waals surface area contributed by atoms with Crippen molar-refractivity contribution in [3.05, 3.63) is 28.2 Å². The molecule has 5 rings (SSSR count). The highest BCUT2D eigenvalue weighted by atomic mass is 16.1. The number of aromatic nitrogens is 2. The lowest BCUT2D eigenvalue weighted by Crippen LogP contribution is -2.38. The summed E-state index contributed by atoms with van der Waals surface area (Å²) in [6.45, 7) is 3.90. The first-order chi connectivity index (χ1) is 12.2. The van der Waals surface area contributed by atoms with Crippen LogP contribution >= 0.6 is 0 Å². The van der Waals surface area contributed by atoms with Gasteiger partial charge in [0.1, 0.15) is 17.5 Å². The predicted molar refractivity (Wildman–Crippen MR) is 97.0 cm³/mol. The average molecular weight is 335 g/mol. The molecule has 4 heterocycles. The van der Waals surface area contributed by atoms with Crippen LogP contribution in [0.15, 0.2) is 17.1 Å². The van der Waals surface area contributed by atoms with Crippen molar-refractivity contribution in [3.63, 3.8) is 0 Å². The van der Waals surface area contributed by atoms with Gasteiger partial charge in [-0.25, -0.2) is 4.98 Å². The lowest BCUT2D eigenvalue weighted by Gasteiger charge is -2.35. The van der Waals surface area contributed by atoms with Gasteiger partial charge in [-0.2, -0.15) is 5.26 Å². The fourth-order valence-electron chi connectivity index (χ4n) is 4.20. The summed E-state index contributed by atoms with van der Waals surface area (Å²) in [7, 11) is 0. The highest BCUT2D eigenvalue weighted by Gasteiger charge is 2.44. The molecule has 1 spiro atoms. The Morgan fingerprint density at radius 1 is 1.12 bits per heavy atom. The first kappa shape index (κ1) is 14.8. The van der Waals surface area contributed by atoms with E-state index in [9.17, 15) is 10.1 Å². The Kier molecular flexibility index (Phi) is 3.08. The van der Waals surface area contributed by atoms with Gasteiger partial charge in [0.15, 0.2) is 0 Å². The molecule has 6 nitrogen and oxygen atoms in total. The Bertz CT molecular complexity index is 939. The van der Waals surface area contributed by atoms with Gasteiger partial charge in [-0.1, -0.05) is 0 Å². The van der Waals surface area contributed by atoms with Crippen LogP contribution in [-0.4, -0.2) is 36.1 Å². The van der Waals surface area contributed by atoms with E-state index < -0.39 is 0 Å². The number of aromatic amines is 1. The lowest BCUT2D eigenvalue weighted by molar-refractivity contribution is 0.385. The molecule has 0 radical (unpaired) electrons. The minimum absolute atomic E-state index is 0.236. The van der Waals surface area contributed by atoms with Crippen molar-refractivity contribution in [2.75, 3.05) is 36.0 Å². The number of nitrogens with zero attached hydrogens (tertiary/aromatic N) is 4. The third kappa shape index (κ3) is 2.30. The number of nitrogens with one attached hydrogen (secondary N) is 1. The number of H-pyrrole nitrogens is 1. The third-order valence-corrected chi connectivity index (χ3v) is 6.25. The van der Waals surface area contributed by atoms with Gasteiger partial charge in [0.25, 0.3) is 5.56 Å². The van der Waals surface area contributed by atoms with E-state index in [1.807, 2.05) is 6.07 Å². The minimum Gasteiger partial charge on any atom is -0.370 e. The summed E-state index contributed by atoms with van der Waals surface area (Å²) in [5.74, 6) is 0.937. The van der Waals surface area contributed by atoms with Gasteiger partial charge in [-0.15, -0.1) is 0 Å². The SMILES string of the molecule is N#Cc1c(N2CCC3(CC2)CC3)c2cc(N3CCC3)ncc2[nH]c1=O. The van der Waals surface area contributed by atoms with Crippen molar-refractivity contribution < 1.29 is 0 Å². The van der Waals surface area contributed by atoms with Gasteiger partial charge in [0.05, 0.1) is 17.4 Å². The molecule has 0 amide bonds. The highest BCUT2D eigenvalue weighted by molar-refractivity contribution is 5.95. The van der Waals surface area contributed by atoms with Crippen LogP contribution in [-0.2, 0) is 0 Å². The van der Waals surface area contributed by atoms with Gasteiger partial charge in [-0.3, -0.25) is 4.79 Å². The second-order valence-electron chi connectivity index (χ2n) is 7.71. The van der Waals surface area contributed by atoms with E-state index >= 15 is 0 Å². The van der Waals surface area contributed by atoms with Crippen molar-refractivity contribution in [2.45, 2.75) is 32.1 Å². The van der Waals surface area contributed by atoms with Crippen molar-refractivity contribution in [3.8, 4) is 6.07 Å². The zero-order chi connectivity index (χ0) is 17.0.